The Morgan fingerprint density at radius 1 is 1.03 bits per heavy atom. The molecule has 0 amide bonds. The minimum absolute atomic E-state index is 0.0475. The third-order valence-electron chi connectivity index (χ3n) is 5.70. The molecule has 1 atom stereocenters. The summed E-state index contributed by atoms with van der Waals surface area (Å²) in [5, 5.41) is 0.655. The fourth-order valence-electron chi connectivity index (χ4n) is 4.32. The second kappa shape index (κ2) is 8.89. The number of benzene rings is 2. The zero-order chi connectivity index (χ0) is 20.2. The number of piperazine rings is 1. The molecule has 0 spiro atoms. The van der Waals surface area contributed by atoms with E-state index in [2.05, 4.69) is 59.0 Å². The van der Waals surface area contributed by atoms with E-state index in [0.717, 1.165) is 43.9 Å². The van der Waals surface area contributed by atoms with Crippen LogP contribution in [0.5, 0.6) is 0 Å². The molecule has 1 saturated heterocycles. The fraction of sp³-hybridized carbons (Fsp3) is 0.417. The van der Waals surface area contributed by atoms with Crippen LogP contribution in [0, 0.1) is 5.92 Å². The van der Waals surface area contributed by atoms with E-state index in [1.54, 1.807) is 0 Å². The van der Waals surface area contributed by atoms with Crippen LogP contribution in [0.15, 0.2) is 59.4 Å². The van der Waals surface area contributed by atoms with E-state index in [1.807, 2.05) is 24.3 Å². The molecule has 29 heavy (non-hydrogen) atoms. The Balaban J connectivity index is 1.50. The molecular formula is C24H30N4O. The van der Waals surface area contributed by atoms with Gasteiger partial charge in [0.2, 0.25) is 0 Å². The molecule has 5 heteroatoms. The number of rotatable bonds is 6. The number of H-pyrrole nitrogens is 1. The van der Waals surface area contributed by atoms with E-state index >= 15 is 0 Å². The van der Waals surface area contributed by atoms with Gasteiger partial charge in [-0.3, -0.25) is 14.6 Å². The van der Waals surface area contributed by atoms with Crippen molar-refractivity contribution >= 4 is 10.9 Å². The number of fused-ring (bicyclic) bond motifs is 1. The Morgan fingerprint density at radius 3 is 2.59 bits per heavy atom. The molecule has 0 aliphatic carbocycles. The molecule has 1 unspecified atom stereocenters. The van der Waals surface area contributed by atoms with E-state index in [1.165, 1.54) is 5.56 Å². The van der Waals surface area contributed by atoms with Crippen LogP contribution in [-0.2, 0) is 13.1 Å². The third kappa shape index (κ3) is 4.92. The van der Waals surface area contributed by atoms with Gasteiger partial charge in [0.05, 0.1) is 17.4 Å². The van der Waals surface area contributed by atoms with E-state index < -0.39 is 0 Å². The van der Waals surface area contributed by atoms with Gasteiger partial charge in [0.25, 0.3) is 5.56 Å². The van der Waals surface area contributed by atoms with Gasteiger partial charge in [0.15, 0.2) is 0 Å². The van der Waals surface area contributed by atoms with Crippen molar-refractivity contribution in [2.24, 2.45) is 5.92 Å². The molecule has 5 nitrogen and oxygen atoms in total. The zero-order valence-electron chi connectivity index (χ0n) is 17.3. The summed E-state index contributed by atoms with van der Waals surface area (Å²) in [5.74, 6) is 1.39. The van der Waals surface area contributed by atoms with E-state index in [-0.39, 0.29) is 5.56 Å². The number of nitrogens with zero attached hydrogens (tertiary/aromatic N) is 3. The molecule has 0 bridgehead atoms. The number of nitrogens with one attached hydrogen (secondary N) is 1. The normalized spacial score (nSPS) is 18.5. The van der Waals surface area contributed by atoms with Crippen LogP contribution in [0.3, 0.4) is 0 Å². The Labute approximate surface area is 172 Å². The molecule has 0 saturated carbocycles. The molecule has 0 radical (unpaired) electrons. The minimum Gasteiger partial charge on any atom is -0.309 e. The van der Waals surface area contributed by atoms with Crippen LogP contribution >= 0.6 is 0 Å². The highest BCUT2D eigenvalue weighted by Crippen LogP contribution is 2.20. The largest absolute Gasteiger partial charge is 0.309 e. The summed E-state index contributed by atoms with van der Waals surface area (Å²) >= 11 is 0. The van der Waals surface area contributed by atoms with Crippen molar-refractivity contribution in [3.05, 3.63) is 76.3 Å². The summed E-state index contributed by atoms with van der Waals surface area (Å²) < 4.78 is 0. The molecule has 1 fully saturated rings. The van der Waals surface area contributed by atoms with E-state index in [9.17, 15) is 4.79 Å². The summed E-state index contributed by atoms with van der Waals surface area (Å²) in [6.45, 7) is 9.31. The monoisotopic (exact) mass is 390 g/mol. The Hall–Kier alpha value is -2.50. The lowest BCUT2D eigenvalue weighted by molar-refractivity contribution is 0.0514. The molecule has 2 heterocycles. The van der Waals surface area contributed by atoms with Crippen LogP contribution in [-0.4, -0.2) is 45.4 Å². The minimum atomic E-state index is -0.0475. The molecule has 1 N–H and O–H groups in total. The van der Waals surface area contributed by atoms with Gasteiger partial charge in [-0.25, -0.2) is 4.98 Å². The smallest absolute Gasteiger partial charge is 0.258 e. The summed E-state index contributed by atoms with van der Waals surface area (Å²) in [4.78, 5) is 25.2. The van der Waals surface area contributed by atoms with Gasteiger partial charge in [-0.15, -0.1) is 0 Å². The molecule has 1 aliphatic heterocycles. The number of hydrogen-bond acceptors (Lipinski definition) is 4. The van der Waals surface area contributed by atoms with Gasteiger partial charge < -0.3 is 4.98 Å². The van der Waals surface area contributed by atoms with Crippen LogP contribution in [0.1, 0.15) is 31.7 Å². The number of hydrogen-bond donors (Lipinski definition) is 1. The van der Waals surface area contributed by atoms with Crippen molar-refractivity contribution in [2.45, 2.75) is 39.4 Å². The van der Waals surface area contributed by atoms with Gasteiger partial charge in [0, 0.05) is 32.2 Å². The summed E-state index contributed by atoms with van der Waals surface area (Å²) in [5.41, 5.74) is 2.09. The lowest BCUT2D eigenvalue weighted by Crippen LogP contribution is -2.52. The maximum Gasteiger partial charge on any atom is 0.258 e. The quantitative estimate of drug-likeness (QED) is 0.698. The second-order valence-corrected chi connectivity index (χ2v) is 8.50. The van der Waals surface area contributed by atoms with Crippen molar-refractivity contribution in [1.29, 1.82) is 0 Å². The maximum atomic E-state index is 12.4. The Morgan fingerprint density at radius 2 is 1.79 bits per heavy atom. The van der Waals surface area contributed by atoms with Crippen molar-refractivity contribution in [1.82, 2.24) is 19.8 Å². The van der Waals surface area contributed by atoms with Crippen LogP contribution in [0.2, 0.25) is 0 Å². The summed E-state index contributed by atoms with van der Waals surface area (Å²) in [7, 11) is 0. The number of aromatic amines is 1. The van der Waals surface area contributed by atoms with Gasteiger partial charge in [0.1, 0.15) is 5.82 Å². The van der Waals surface area contributed by atoms with Crippen molar-refractivity contribution in [3.8, 4) is 0 Å². The highest BCUT2D eigenvalue weighted by atomic mass is 16.1. The first-order chi connectivity index (χ1) is 14.1. The zero-order valence-corrected chi connectivity index (χ0v) is 17.3. The highest BCUT2D eigenvalue weighted by Gasteiger charge is 2.28. The first kappa shape index (κ1) is 19.8. The third-order valence-corrected chi connectivity index (χ3v) is 5.70. The Bertz CT molecular complexity index is 998. The van der Waals surface area contributed by atoms with Crippen molar-refractivity contribution in [3.63, 3.8) is 0 Å². The second-order valence-electron chi connectivity index (χ2n) is 8.50. The molecule has 1 aliphatic rings. The fourth-order valence-corrected chi connectivity index (χ4v) is 4.32. The predicted molar refractivity (Wildman–Crippen MR) is 118 cm³/mol. The molecule has 2 aromatic carbocycles. The van der Waals surface area contributed by atoms with E-state index in [4.69, 9.17) is 4.98 Å². The maximum absolute atomic E-state index is 12.4. The van der Waals surface area contributed by atoms with Crippen LogP contribution in [0.25, 0.3) is 10.9 Å². The van der Waals surface area contributed by atoms with Gasteiger partial charge in [-0.1, -0.05) is 56.3 Å². The lowest BCUT2D eigenvalue weighted by atomic mass is 9.99. The molecule has 4 rings (SSSR count). The number of para-hydroxylation sites is 1. The summed E-state index contributed by atoms with van der Waals surface area (Å²) in [6.07, 6.45) is 1.14. The average molecular weight is 391 g/mol. The highest BCUT2D eigenvalue weighted by molar-refractivity contribution is 5.77. The first-order valence-electron chi connectivity index (χ1n) is 10.6. The van der Waals surface area contributed by atoms with Gasteiger partial charge in [-0.05, 0) is 30.0 Å². The van der Waals surface area contributed by atoms with Crippen LogP contribution < -0.4 is 5.56 Å². The Kier molecular flexibility index (Phi) is 6.07. The first-order valence-corrected chi connectivity index (χ1v) is 10.6. The van der Waals surface area contributed by atoms with Crippen molar-refractivity contribution in [2.75, 3.05) is 19.6 Å². The predicted octanol–water partition coefficient (Wildman–Crippen LogP) is 3.66. The SMILES string of the molecule is CC(C)CC1CN(Cc2ccccc2)CCN1Cc1nc2ccccc2c(=O)[nH]1. The summed E-state index contributed by atoms with van der Waals surface area (Å²) in [6, 6.07) is 18.7. The molecular weight excluding hydrogens is 360 g/mol. The molecule has 1 aromatic heterocycles. The molecule has 3 aromatic rings. The topological polar surface area (TPSA) is 52.2 Å². The average Bonchev–Trinajstić information content (AvgIpc) is 2.70. The van der Waals surface area contributed by atoms with Gasteiger partial charge >= 0.3 is 0 Å². The standard InChI is InChI=1S/C24H30N4O/c1-18(2)14-20-16-27(15-19-8-4-3-5-9-19)12-13-28(20)17-23-25-22-11-7-6-10-21(22)24(29)26-23/h3-11,18,20H,12-17H2,1-2H3,(H,25,26,29). The van der Waals surface area contributed by atoms with E-state index in [0.29, 0.717) is 23.9 Å². The lowest BCUT2D eigenvalue weighted by Gasteiger charge is -2.42. The molecule has 152 valence electrons. The van der Waals surface area contributed by atoms with Crippen LogP contribution in [0.4, 0.5) is 0 Å². The number of aromatic nitrogens is 2. The van der Waals surface area contributed by atoms with Gasteiger partial charge in [-0.2, -0.15) is 0 Å². The van der Waals surface area contributed by atoms with Crippen molar-refractivity contribution < 1.29 is 0 Å².